The van der Waals surface area contributed by atoms with E-state index in [9.17, 15) is 8.78 Å². The van der Waals surface area contributed by atoms with E-state index in [4.69, 9.17) is 5.73 Å². The summed E-state index contributed by atoms with van der Waals surface area (Å²) in [5.41, 5.74) is 6.92. The molecule has 0 radical (unpaired) electrons. The topological polar surface area (TPSA) is 26.0 Å². The number of nitrogens with two attached hydrogens (primary N) is 1. The van der Waals surface area contributed by atoms with Gasteiger partial charge in [-0.25, -0.2) is 8.78 Å². The average molecular weight is 209 g/mol. The minimum absolute atomic E-state index is 0.0121. The summed E-state index contributed by atoms with van der Waals surface area (Å²) in [5.74, 6) is 0. The van der Waals surface area contributed by atoms with E-state index in [0.29, 0.717) is 0 Å². The van der Waals surface area contributed by atoms with Crippen LogP contribution in [-0.4, -0.2) is 5.54 Å². The molecule has 0 atom stereocenters. The van der Waals surface area contributed by atoms with Crippen molar-refractivity contribution in [2.45, 2.75) is 36.6 Å². The van der Waals surface area contributed by atoms with E-state index >= 15 is 0 Å². The maximum Gasteiger partial charge on any atom is 0.264 e. The van der Waals surface area contributed by atoms with E-state index in [1.165, 1.54) is 6.07 Å². The lowest BCUT2D eigenvalue weighted by molar-refractivity contribution is -0.0611. The Labute approximate surface area is 87.3 Å². The van der Waals surface area contributed by atoms with Gasteiger partial charge in [0.2, 0.25) is 0 Å². The third kappa shape index (κ3) is 1.10. The van der Waals surface area contributed by atoms with Crippen LogP contribution in [0.3, 0.4) is 0 Å². The summed E-state index contributed by atoms with van der Waals surface area (Å²) in [5, 5.41) is 0. The molecule has 0 aliphatic heterocycles. The Balaban J connectivity index is 1.99. The summed E-state index contributed by atoms with van der Waals surface area (Å²) in [6.45, 7) is 0. The molecule has 0 heterocycles. The van der Waals surface area contributed by atoms with Gasteiger partial charge in [0, 0.05) is 16.5 Å². The van der Waals surface area contributed by atoms with Crippen LogP contribution in [0.25, 0.3) is 0 Å². The maximum absolute atomic E-state index is 12.8. The predicted molar refractivity (Wildman–Crippen MR) is 53.8 cm³/mol. The van der Waals surface area contributed by atoms with Gasteiger partial charge in [0.25, 0.3) is 6.43 Å². The van der Waals surface area contributed by atoms with Crippen LogP contribution in [0.15, 0.2) is 24.3 Å². The fraction of sp³-hybridized carbons (Fsp3) is 0.500. The molecular weight excluding hydrogens is 196 g/mol. The molecule has 3 aliphatic rings. The second-order valence-corrected chi connectivity index (χ2v) is 5.06. The summed E-state index contributed by atoms with van der Waals surface area (Å²) in [7, 11) is 0. The molecule has 0 aromatic heterocycles. The molecule has 0 spiro atoms. The molecule has 1 aromatic carbocycles. The number of hydrogen-bond donors (Lipinski definition) is 1. The molecule has 1 aromatic rings. The van der Waals surface area contributed by atoms with Gasteiger partial charge in [-0.05, 0) is 24.8 Å². The normalized spacial score (nSPS) is 37.3. The monoisotopic (exact) mass is 209 g/mol. The zero-order valence-electron chi connectivity index (χ0n) is 8.34. The smallest absolute Gasteiger partial charge is 0.264 e. The Morgan fingerprint density at radius 3 is 2.27 bits per heavy atom. The van der Waals surface area contributed by atoms with E-state index in [1.54, 1.807) is 6.07 Å². The number of rotatable bonds is 2. The van der Waals surface area contributed by atoms with Gasteiger partial charge >= 0.3 is 0 Å². The second-order valence-electron chi connectivity index (χ2n) is 5.06. The van der Waals surface area contributed by atoms with Gasteiger partial charge in [0.05, 0.1) is 0 Å². The van der Waals surface area contributed by atoms with Crippen LogP contribution in [0.4, 0.5) is 8.78 Å². The van der Waals surface area contributed by atoms with Gasteiger partial charge in [0.15, 0.2) is 0 Å². The van der Waals surface area contributed by atoms with Crippen molar-refractivity contribution < 1.29 is 8.78 Å². The fourth-order valence-electron chi connectivity index (χ4n) is 3.32. The van der Waals surface area contributed by atoms with Crippen LogP contribution in [-0.2, 0) is 5.41 Å². The largest absolute Gasteiger partial charge is 0.325 e. The first-order valence-corrected chi connectivity index (χ1v) is 5.21. The molecule has 3 saturated carbocycles. The molecule has 15 heavy (non-hydrogen) atoms. The lowest BCUT2D eigenvalue weighted by Gasteiger charge is -2.69. The van der Waals surface area contributed by atoms with Crippen molar-refractivity contribution in [3.05, 3.63) is 35.4 Å². The third-order valence-electron chi connectivity index (χ3n) is 3.84. The zero-order valence-corrected chi connectivity index (χ0v) is 8.34. The summed E-state index contributed by atoms with van der Waals surface area (Å²) in [4.78, 5) is 0. The predicted octanol–water partition coefficient (Wildman–Crippen LogP) is 2.76. The Morgan fingerprint density at radius 1 is 1.13 bits per heavy atom. The summed E-state index contributed by atoms with van der Waals surface area (Å²) in [6.07, 6.45) is 0.265. The van der Waals surface area contributed by atoms with E-state index < -0.39 is 6.43 Å². The van der Waals surface area contributed by atoms with Crippen molar-refractivity contribution in [1.29, 1.82) is 0 Å². The SMILES string of the molecule is NC12CC(c3ccccc3C(F)F)(C1)C2. The van der Waals surface area contributed by atoms with Crippen LogP contribution in [0.5, 0.6) is 0 Å². The number of alkyl halides is 2. The lowest BCUT2D eigenvalue weighted by atomic mass is 9.37. The van der Waals surface area contributed by atoms with Crippen molar-refractivity contribution in [1.82, 2.24) is 0 Å². The minimum Gasteiger partial charge on any atom is -0.325 e. The first-order valence-electron chi connectivity index (χ1n) is 5.21. The van der Waals surface area contributed by atoms with E-state index in [1.807, 2.05) is 12.1 Å². The van der Waals surface area contributed by atoms with Gasteiger partial charge in [-0.3, -0.25) is 0 Å². The molecule has 2 N–H and O–H groups in total. The molecule has 3 heteroatoms. The van der Waals surface area contributed by atoms with Crippen LogP contribution in [0, 0.1) is 0 Å². The molecule has 0 amide bonds. The third-order valence-corrected chi connectivity index (χ3v) is 3.84. The van der Waals surface area contributed by atoms with Crippen molar-refractivity contribution in [3.8, 4) is 0 Å². The molecule has 80 valence electrons. The number of hydrogen-bond acceptors (Lipinski definition) is 1. The highest BCUT2D eigenvalue weighted by atomic mass is 19.3. The molecule has 4 rings (SSSR count). The van der Waals surface area contributed by atoms with Crippen molar-refractivity contribution in [3.63, 3.8) is 0 Å². The molecule has 3 aliphatic carbocycles. The van der Waals surface area contributed by atoms with Gasteiger partial charge in [-0.15, -0.1) is 0 Å². The Morgan fingerprint density at radius 2 is 1.73 bits per heavy atom. The van der Waals surface area contributed by atoms with Crippen molar-refractivity contribution in [2.75, 3.05) is 0 Å². The Kier molecular flexibility index (Phi) is 1.60. The number of halogens is 2. The standard InChI is InChI=1S/C12H13F2N/c13-10(14)8-3-1-2-4-9(8)11-5-12(15,6-11)7-11/h1-4,10H,5-7,15H2. The van der Waals surface area contributed by atoms with Gasteiger partial charge in [0.1, 0.15) is 0 Å². The summed E-state index contributed by atoms with van der Waals surface area (Å²) < 4.78 is 25.6. The van der Waals surface area contributed by atoms with Crippen molar-refractivity contribution in [2.24, 2.45) is 5.73 Å². The summed E-state index contributed by atoms with van der Waals surface area (Å²) in [6, 6.07) is 6.88. The van der Waals surface area contributed by atoms with E-state index in [-0.39, 0.29) is 16.5 Å². The highest BCUT2D eigenvalue weighted by Crippen LogP contribution is 2.67. The van der Waals surface area contributed by atoms with Crippen molar-refractivity contribution >= 4 is 0 Å². The molecule has 1 nitrogen and oxygen atoms in total. The fourth-order valence-corrected chi connectivity index (χ4v) is 3.32. The van der Waals surface area contributed by atoms with Gasteiger partial charge in [-0.2, -0.15) is 0 Å². The molecule has 2 bridgehead atoms. The molecular formula is C12H13F2N. The first kappa shape index (κ1) is 9.28. The lowest BCUT2D eigenvalue weighted by Crippen LogP contribution is -2.74. The average Bonchev–Trinajstić information content (AvgIpc) is 2.11. The van der Waals surface area contributed by atoms with Gasteiger partial charge < -0.3 is 5.73 Å². The van der Waals surface area contributed by atoms with E-state index in [2.05, 4.69) is 0 Å². The minimum atomic E-state index is -2.37. The summed E-state index contributed by atoms with van der Waals surface area (Å²) >= 11 is 0. The first-order chi connectivity index (χ1) is 7.05. The second kappa shape index (κ2) is 2.59. The zero-order chi connectivity index (χ0) is 10.7. The molecule has 0 saturated heterocycles. The quantitative estimate of drug-likeness (QED) is 0.796. The highest BCUT2D eigenvalue weighted by molar-refractivity contribution is 5.45. The van der Waals surface area contributed by atoms with Crippen LogP contribution in [0.1, 0.15) is 36.8 Å². The Bertz CT molecular complexity index is 394. The van der Waals surface area contributed by atoms with Crippen LogP contribution >= 0.6 is 0 Å². The van der Waals surface area contributed by atoms with E-state index in [0.717, 1.165) is 24.8 Å². The number of benzene rings is 1. The molecule has 0 unspecified atom stereocenters. The van der Waals surface area contributed by atoms with Gasteiger partial charge in [-0.1, -0.05) is 24.3 Å². The highest BCUT2D eigenvalue weighted by Gasteiger charge is 2.66. The van der Waals surface area contributed by atoms with Crippen LogP contribution in [0.2, 0.25) is 0 Å². The maximum atomic E-state index is 12.8. The Hall–Kier alpha value is -0.960. The van der Waals surface area contributed by atoms with Crippen LogP contribution < -0.4 is 5.73 Å². The molecule has 3 fully saturated rings.